The number of halogens is 8. The summed E-state index contributed by atoms with van der Waals surface area (Å²) in [7, 11) is -0.806. The van der Waals surface area contributed by atoms with Crippen LogP contribution in [0.3, 0.4) is 0 Å². The molecule has 0 amide bonds. The molecule has 34 heavy (non-hydrogen) atoms. The molecule has 0 aromatic rings. The monoisotopic (exact) mass is 536 g/mol. The summed E-state index contributed by atoms with van der Waals surface area (Å²) < 4.78 is 132. The minimum absolute atomic E-state index is 0.0220. The van der Waals surface area contributed by atoms with Crippen LogP contribution in [0.1, 0.15) is 46.0 Å². The molecular weight excluding hydrogens is 504 g/mol. The minimum atomic E-state index is -6.28. The first kappa shape index (κ1) is 32.8. The predicted octanol–water partition coefficient (Wildman–Crippen LogP) is 2.88. The van der Waals surface area contributed by atoms with Crippen LogP contribution in [0.4, 0.5) is 35.1 Å². The van der Waals surface area contributed by atoms with Gasteiger partial charge < -0.3 is 14.4 Å². The Labute approximate surface area is 194 Å². The molecule has 0 spiro atoms. The molecule has 6 nitrogen and oxygen atoms in total. The number of carboxylic acid groups (broad SMARTS) is 1. The molecule has 0 bridgehead atoms. The van der Waals surface area contributed by atoms with Crippen molar-refractivity contribution >= 4 is 16.0 Å². The summed E-state index contributed by atoms with van der Waals surface area (Å²) in [5, 5.41) is 10.7. The van der Waals surface area contributed by atoms with Crippen molar-refractivity contribution in [1.82, 2.24) is 4.72 Å². The molecule has 0 aliphatic heterocycles. The Hall–Kier alpha value is -1.22. The van der Waals surface area contributed by atoms with E-state index in [1.54, 1.807) is 14.1 Å². The van der Waals surface area contributed by atoms with Crippen molar-refractivity contribution in [3.05, 3.63) is 0 Å². The number of carbonyl (C=O) groups excluding carboxylic acids is 1. The van der Waals surface area contributed by atoms with Crippen LogP contribution in [0.5, 0.6) is 0 Å². The number of sulfonamides is 1. The SMILES string of the molecule is CC(C)(F)CC(CCCS(=O)(=O)NCCC[N+](C)(C)CC(=O)[O-])CC(F)(C(F)(F)F)C(F)(F)F. The van der Waals surface area contributed by atoms with Gasteiger partial charge in [-0.2, -0.15) is 26.3 Å². The zero-order valence-electron chi connectivity index (χ0n) is 19.5. The van der Waals surface area contributed by atoms with Gasteiger partial charge in [0.1, 0.15) is 12.2 Å². The standard InChI is InChI=1S/C19H32F8N2O4S/c1-16(2,20)11-14(12-17(21,18(22,23)24)19(25,26)27)7-5-10-34(32,33)28-8-6-9-29(3,4)13-15(30)31/h14,28H,5-13H2,1-4H3. The van der Waals surface area contributed by atoms with Crippen molar-refractivity contribution in [1.29, 1.82) is 0 Å². The number of carbonyl (C=O) groups is 1. The summed E-state index contributed by atoms with van der Waals surface area (Å²) in [4.78, 5) is 10.7. The second kappa shape index (κ2) is 11.7. The molecule has 0 radical (unpaired) electrons. The lowest BCUT2D eigenvalue weighted by Gasteiger charge is -2.34. The molecule has 1 atom stereocenters. The molecular formula is C19H32F8N2O4S. The van der Waals surface area contributed by atoms with Crippen LogP contribution in [0, 0.1) is 5.92 Å². The quantitative estimate of drug-likeness (QED) is 0.198. The van der Waals surface area contributed by atoms with Crippen molar-refractivity contribution in [3.63, 3.8) is 0 Å². The average molecular weight is 537 g/mol. The molecule has 1 unspecified atom stereocenters. The summed E-state index contributed by atoms with van der Waals surface area (Å²) >= 11 is 0. The van der Waals surface area contributed by atoms with Crippen LogP contribution in [0.2, 0.25) is 0 Å². The molecule has 0 aromatic carbocycles. The number of nitrogens with zero attached hydrogens (tertiary/aromatic N) is 1. The molecule has 0 saturated carbocycles. The van der Waals surface area contributed by atoms with Gasteiger partial charge in [-0.15, -0.1) is 0 Å². The van der Waals surface area contributed by atoms with Crippen molar-refractivity contribution in [2.24, 2.45) is 5.92 Å². The predicted molar refractivity (Wildman–Crippen MR) is 106 cm³/mol. The maximum absolute atomic E-state index is 14.1. The summed E-state index contributed by atoms with van der Waals surface area (Å²) in [6.45, 7) is 1.72. The highest BCUT2D eigenvalue weighted by atomic mass is 32.2. The van der Waals surface area contributed by atoms with E-state index in [0.29, 0.717) is 0 Å². The number of likely N-dealkylation sites (N-methyl/N-ethyl adjacent to an activating group) is 1. The zero-order valence-corrected chi connectivity index (χ0v) is 20.3. The first-order valence-corrected chi connectivity index (χ1v) is 12.1. The second-order valence-corrected chi connectivity index (χ2v) is 11.6. The highest BCUT2D eigenvalue weighted by Gasteiger charge is 2.72. The average Bonchev–Trinajstić information content (AvgIpc) is 2.53. The van der Waals surface area contributed by atoms with E-state index in [1.165, 1.54) is 0 Å². The van der Waals surface area contributed by atoms with Crippen molar-refractivity contribution in [3.8, 4) is 0 Å². The Bertz CT molecular complexity index is 748. The normalized spacial score (nSPS) is 15.4. The van der Waals surface area contributed by atoms with E-state index in [4.69, 9.17) is 0 Å². The van der Waals surface area contributed by atoms with E-state index in [-0.39, 0.29) is 30.5 Å². The Morgan fingerprint density at radius 2 is 1.44 bits per heavy atom. The fraction of sp³-hybridized carbons (Fsp3) is 0.947. The molecule has 0 heterocycles. The number of carboxylic acids is 1. The van der Waals surface area contributed by atoms with Gasteiger partial charge in [-0.1, -0.05) is 0 Å². The summed E-state index contributed by atoms with van der Waals surface area (Å²) in [6, 6.07) is 0. The highest BCUT2D eigenvalue weighted by molar-refractivity contribution is 7.89. The molecule has 15 heteroatoms. The van der Waals surface area contributed by atoms with Crippen LogP contribution >= 0.6 is 0 Å². The minimum Gasteiger partial charge on any atom is -0.544 e. The van der Waals surface area contributed by atoms with E-state index in [1.807, 2.05) is 0 Å². The van der Waals surface area contributed by atoms with Crippen LogP contribution in [0.15, 0.2) is 0 Å². The molecule has 0 aliphatic rings. The Balaban J connectivity index is 5.06. The largest absolute Gasteiger partial charge is 0.544 e. The lowest BCUT2D eigenvalue weighted by molar-refractivity contribution is -0.884. The molecule has 0 fully saturated rings. The lowest BCUT2D eigenvalue weighted by Crippen LogP contribution is -2.54. The van der Waals surface area contributed by atoms with Gasteiger partial charge in [0.25, 0.3) is 5.67 Å². The molecule has 0 aromatic heterocycles. The number of rotatable bonds is 15. The molecule has 1 N–H and O–H groups in total. The fourth-order valence-electron chi connectivity index (χ4n) is 3.55. The van der Waals surface area contributed by atoms with Gasteiger partial charge in [0.15, 0.2) is 0 Å². The number of hydrogen-bond donors (Lipinski definition) is 1. The topological polar surface area (TPSA) is 86.3 Å². The van der Waals surface area contributed by atoms with Gasteiger partial charge >= 0.3 is 12.4 Å². The smallest absolute Gasteiger partial charge is 0.431 e. The first-order chi connectivity index (χ1) is 14.9. The number of quaternary nitrogens is 1. The number of alkyl halides is 8. The first-order valence-electron chi connectivity index (χ1n) is 10.4. The third kappa shape index (κ3) is 12.0. The van der Waals surface area contributed by atoms with Gasteiger partial charge in [0.2, 0.25) is 10.0 Å². The molecule has 204 valence electrons. The van der Waals surface area contributed by atoms with Crippen LogP contribution in [-0.2, 0) is 14.8 Å². The summed E-state index contributed by atoms with van der Waals surface area (Å²) in [5.41, 5.74) is -7.76. The molecule has 0 saturated heterocycles. The molecule has 0 aliphatic carbocycles. The van der Waals surface area contributed by atoms with Crippen molar-refractivity contribution in [2.75, 3.05) is 39.5 Å². The summed E-state index contributed by atoms with van der Waals surface area (Å²) in [5.74, 6) is -3.69. The maximum atomic E-state index is 14.1. The Kier molecular flexibility index (Phi) is 11.3. The van der Waals surface area contributed by atoms with Crippen LogP contribution < -0.4 is 9.83 Å². The van der Waals surface area contributed by atoms with Crippen molar-refractivity contribution in [2.45, 2.75) is 69.6 Å². The van der Waals surface area contributed by atoms with Gasteiger partial charge in [-0.25, -0.2) is 21.9 Å². The van der Waals surface area contributed by atoms with Crippen LogP contribution in [0.25, 0.3) is 0 Å². The zero-order chi connectivity index (χ0) is 27.2. The number of nitrogens with one attached hydrogen (secondary N) is 1. The number of hydrogen-bond acceptors (Lipinski definition) is 4. The Morgan fingerprint density at radius 1 is 0.941 bits per heavy atom. The van der Waals surface area contributed by atoms with E-state index in [9.17, 15) is 53.4 Å². The van der Waals surface area contributed by atoms with Gasteiger partial charge in [0, 0.05) is 19.4 Å². The fourth-order valence-corrected chi connectivity index (χ4v) is 4.70. The highest BCUT2D eigenvalue weighted by Crippen LogP contribution is 2.51. The van der Waals surface area contributed by atoms with Crippen LogP contribution in [-0.4, -0.2) is 82.0 Å². The van der Waals surface area contributed by atoms with Crippen molar-refractivity contribution < 1.29 is 57.9 Å². The third-order valence-corrected chi connectivity index (χ3v) is 6.56. The lowest BCUT2D eigenvalue weighted by atomic mass is 9.82. The number of aliphatic carboxylic acids is 1. The Morgan fingerprint density at radius 3 is 1.85 bits per heavy atom. The van der Waals surface area contributed by atoms with Gasteiger partial charge in [-0.3, -0.25) is 0 Å². The maximum Gasteiger partial charge on any atom is 0.431 e. The second-order valence-electron chi connectivity index (χ2n) is 9.69. The van der Waals surface area contributed by atoms with E-state index in [0.717, 1.165) is 13.8 Å². The van der Waals surface area contributed by atoms with Gasteiger partial charge in [0.05, 0.1) is 32.4 Å². The third-order valence-electron chi connectivity index (χ3n) is 5.09. The van der Waals surface area contributed by atoms with E-state index in [2.05, 4.69) is 4.72 Å². The van der Waals surface area contributed by atoms with E-state index < -0.39 is 77.0 Å². The molecule has 0 rings (SSSR count). The summed E-state index contributed by atoms with van der Waals surface area (Å²) in [6.07, 6.45) is -16.2. The van der Waals surface area contributed by atoms with E-state index >= 15 is 0 Å². The van der Waals surface area contributed by atoms with Gasteiger partial charge in [-0.05, 0) is 39.0 Å².